The predicted molar refractivity (Wildman–Crippen MR) is 108 cm³/mol. The van der Waals surface area contributed by atoms with Crippen LogP contribution in [0.3, 0.4) is 0 Å². The van der Waals surface area contributed by atoms with E-state index in [0.717, 1.165) is 24.2 Å². The van der Waals surface area contributed by atoms with Crippen molar-refractivity contribution >= 4 is 28.1 Å². The number of nitrogens with one attached hydrogen (secondary N) is 2. The molecule has 0 radical (unpaired) electrons. The molecule has 1 aromatic heterocycles. The molecule has 0 saturated heterocycles. The highest BCUT2D eigenvalue weighted by Crippen LogP contribution is 2.21. The fourth-order valence-corrected chi connectivity index (χ4v) is 3.42. The minimum atomic E-state index is -0.279. The Kier molecular flexibility index (Phi) is 6.54. The van der Waals surface area contributed by atoms with E-state index in [1.165, 1.54) is 29.0 Å². The van der Waals surface area contributed by atoms with Gasteiger partial charge in [-0.1, -0.05) is 30.3 Å². The molecule has 0 bridgehead atoms. The van der Waals surface area contributed by atoms with E-state index in [9.17, 15) is 9.18 Å². The zero-order valence-corrected chi connectivity index (χ0v) is 15.9. The van der Waals surface area contributed by atoms with Crippen molar-refractivity contribution in [2.45, 2.75) is 32.2 Å². The van der Waals surface area contributed by atoms with E-state index in [0.29, 0.717) is 5.13 Å². The Bertz CT molecular complexity index is 865. The number of nitrogens with zero attached hydrogens (tertiary/aromatic N) is 1. The Balaban J connectivity index is 1.45. The standard InChI is InChI=1S/C21H22FN3OS/c1-15(7-8-16-5-3-2-4-6-16)23-20(26)13-19-14-27-21(25-19)24-18-11-9-17(22)10-12-18/h2-6,9-12,14-15H,7-8,13H2,1H3,(H,23,26)(H,24,25). The second kappa shape index (κ2) is 9.28. The smallest absolute Gasteiger partial charge is 0.226 e. The van der Waals surface area contributed by atoms with Crippen LogP contribution in [0, 0.1) is 5.82 Å². The van der Waals surface area contributed by atoms with Gasteiger partial charge in [-0.15, -0.1) is 11.3 Å². The number of hydrogen-bond donors (Lipinski definition) is 2. The number of hydrogen-bond acceptors (Lipinski definition) is 4. The van der Waals surface area contributed by atoms with E-state index < -0.39 is 0 Å². The first-order chi connectivity index (χ1) is 13.1. The average molecular weight is 383 g/mol. The maximum Gasteiger partial charge on any atom is 0.226 e. The lowest BCUT2D eigenvalue weighted by atomic mass is 10.1. The fraction of sp³-hybridized carbons (Fsp3) is 0.238. The summed E-state index contributed by atoms with van der Waals surface area (Å²) in [6.07, 6.45) is 2.08. The number of carbonyl (C=O) groups excluding carboxylic acids is 1. The number of benzene rings is 2. The summed E-state index contributed by atoms with van der Waals surface area (Å²) >= 11 is 1.42. The van der Waals surface area contributed by atoms with Gasteiger partial charge in [-0.3, -0.25) is 4.79 Å². The molecule has 3 rings (SSSR count). The highest BCUT2D eigenvalue weighted by molar-refractivity contribution is 7.13. The molecule has 1 atom stereocenters. The number of aryl methyl sites for hydroxylation is 1. The molecule has 1 amide bonds. The molecule has 3 aromatic rings. The van der Waals surface area contributed by atoms with Crippen LogP contribution in [0.2, 0.25) is 0 Å². The normalized spacial score (nSPS) is 11.8. The molecule has 1 heterocycles. The molecule has 0 saturated carbocycles. The zero-order chi connectivity index (χ0) is 19.1. The lowest BCUT2D eigenvalue weighted by Crippen LogP contribution is -2.34. The molecule has 2 aromatic carbocycles. The van der Waals surface area contributed by atoms with E-state index in [2.05, 4.69) is 27.8 Å². The largest absolute Gasteiger partial charge is 0.353 e. The van der Waals surface area contributed by atoms with Crippen molar-refractivity contribution < 1.29 is 9.18 Å². The van der Waals surface area contributed by atoms with E-state index >= 15 is 0 Å². The lowest BCUT2D eigenvalue weighted by molar-refractivity contribution is -0.121. The molecule has 2 N–H and O–H groups in total. The number of carbonyl (C=O) groups is 1. The van der Waals surface area contributed by atoms with Crippen LogP contribution < -0.4 is 10.6 Å². The molecule has 140 valence electrons. The van der Waals surface area contributed by atoms with Gasteiger partial charge in [0.25, 0.3) is 0 Å². The number of halogens is 1. The molecule has 6 heteroatoms. The summed E-state index contributed by atoms with van der Waals surface area (Å²) < 4.78 is 12.9. The quantitative estimate of drug-likeness (QED) is 0.592. The molecule has 1 unspecified atom stereocenters. The third-order valence-corrected chi connectivity index (χ3v) is 4.91. The van der Waals surface area contributed by atoms with Crippen LogP contribution in [-0.4, -0.2) is 16.9 Å². The SMILES string of the molecule is CC(CCc1ccccc1)NC(=O)Cc1csc(Nc2ccc(F)cc2)n1. The molecule has 0 aliphatic rings. The van der Waals surface area contributed by atoms with Crippen molar-refractivity contribution in [1.29, 1.82) is 0 Å². The lowest BCUT2D eigenvalue weighted by Gasteiger charge is -2.13. The van der Waals surface area contributed by atoms with Crippen LogP contribution in [-0.2, 0) is 17.6 Å². The molecule has 0 aliphatic heterocycles. The van der Waals surface area contributed by atoms with Crippen LogP contribution in [0.25, 0.3) is 0 Å². The van der Waals surface area contributed by atoms with E-state index in [1.54, 1.807) is 12.1 Å². The van der Waals surface area contributed by atoms with Gasteiger partial charge in [-0.05, 0) is 49.6 Å². The van der Waals surface area contributed by atoms with E-state index in [4.69, 9.17) is 0 Å². The van der Waals surface area contributed by atoms with Crippen LogP contribution in [0.1, 0.15) is 24.6 Å². The minimum absolute atomic E-state index is 0.0332. The summed E-state index contributed by atoms with van der Waals surface area (Å²) in [6.45, 7) is 2.02. The first-order valence-electron chi connectivity index (χ1n) is 8.89. The average Bonchev–Trinajstić information content (AvgIpc) is 3.09. The van der Waals surface area contributed by atoms with Gasteiger partial charge in [0.1, 0.15) is 5.82 Å². The topological polar surface area (TPSA) is 54.0 Å². The summed E-state index contributed by atoms with van der Waals surface area (Å²) in [7, 11) is 0. The summed E-state index contributed by atoms with van der Waals surface area (Å²) in [4.78, 5) is 16.7. The summed E-state index contributed by atoms with van der Waals surface area (Å²) in [5, 5.41) is 8.68. The van der Waals surface area contributed by atoms with Crippen LogP contribution in [0.5, 0.6) is 0 Å². The summed E-state index contributed by atoms with van der Waals surface area (Å²) in [5.41, 5.74) is 2.75. The van der Waals surface area contributed by atoms with Crippen molar-refractivity contribution in [2.24, 2.45) is 0 Å². The second-order valence-corrected chi connectivity index (χ2v) is 7.30. The number of anilines is 2. The summed E-state index contributed by atoms with van der Waals surface area (Å²) in [6, 6.07) is 16.4. The van der Waals surface area contributed by atoms with Crippen LogP contribution in [0.15, 0.2) is 60.0 Å². The van der Waals surface area contributed by atoms with Gasteiger partial charge >= 0.3 is 0 Å². The summed E-state index contributed by atoms with van der Waals surface area (Å²) in [5.74, 6) is -0.312. The number of thiazole rings is 1. The molecule has 4 nitrogen and oxygen atoms in total. The van der Waals surface area contributed by atoms with E-state index in [1.807, 2.05) is 30.5 Å². The highest BCUT2D eigenvalue weighted by atomic mass is 32.1. The molecule has 27 heavy (non-hydrogen) atoms. The predicted octanol–water partition coefficient (Wildman–Crippen LogP) is 4.71. The molecular weight excluding hydrogens is 361 g/mol. The van der Waals surface area contributed by atoms with Crippen molar-refractivity contribution in [3.8, 4) is 0 Å². The number of aromatic nitrogens is 1. The molecule has 0 spiro atoms. The van der Waals surface area contributed by atoms with Crippen LogP contribution in [0.4, 0.5) is 15.2 Å². The first kappa shape index (κ1) is 19.0. The monoisotopic (exact) mass is 383 g/mol. The van der Waals surface area contributed by atoms with Crippen molar-refractivity contribution in [3.05, 3.63) is 77.1 Å². The minimum Gasteiger partial charge on any atom is -0.353 e. The van der Waals surface area contributed by atoms with Crippen LogP contribution >= 0.6 is 11.3 Å². The molecular formula is C21H22FN3OS. The van der Waals surface area contributed by atoms with Gasteiger partial charge in [0, 0.05) is 17.1 Å². The van der Waals surface area contributed by atoms with Gasteiger partial charge in [0.2, 0.25) is 5.91 Å². The Morgan fingerprint density at radius 3 is 2.63 bits per heavy atom. The van der Waals surface area contributed by atoms with E-state index in [-0.39, 0.29) is 24.2 Å². The Morgan fingerprint density at radius 1 is 1.15 bits per heavy atom. The number of amides is 1. The van der Waals surface area contributed by atoms with Gasteiger partial charge in [-0.25, -0.2) is 9.37 Å². The fourth-order valence-electron chi connectivity index (χ4n) is 2.69. The third-order valence-electron chi connectivity index (χ3n) is 4.11. The van der Waals surface area contributed by atoms with Crippen molar-refractivity contribution in [3.63, 3.8) is 0 Å². The Hall–Kier alpha value is -2.73. The van der Waals surface area contributed by atoms with Gasteiger partial charge in [-0.2, -0.15) is 0 Å². The zero-order valence-electron chi connectivity index (χ0n) is 15.1. The maximum atomic E-state index is 12.9. The van der Waals surface area contributed by atoms with Gasteiger partial charge < -0.3 is 10.6 Å². The Labute approximate surface area is 162 Å². The Morgan fingerprint density at radius 2 is 1.89 bits per heavy atom. The molecule has 0 fully saturated rings. The van der Waals surface area contributed by atoms with Gasteiger partial charge in [0.15, 0.2) is 5.13 Å². The highest BCUT2D eigenvalue weighted by Gasteiger charge is 2.11. The molecule has 0 aliphatic carbocycles. The second-order valence-electron chi connectivity index (χ2n) is 6.45. The maximum absolute atomic E-state index is 12.9. The number of rotatable bonds is 8. The third kappa shape index (κ3) is 6.18. The van der Waals surface area contributed by atoms with Crippen molar-refractivity contribution in [1.82, 2.24) is 10.3 Å². The van der Waals surface area contributed by atoms with Gasteiger partial charge in [0.05, 0.1) is 12.1 Å². The first-order valence-corrected chi connectivity index (χ1v) is 9.77. The van der Waals surface area contributed by atoms with Crippen molar-refractivity contribution in [2.75, 3.05) is 5.32 Å².